The summed E-state index contributed by atoms with van der Waals surface area (Å²) in [6.07, 6.45) is 0. The van der Waals surface area contributed by atoms with Crippen LogP contribution in [-0.4, -0.2) is 4.57 Å². The Morgan fingerprint density at radius 2 is 1.43 bits per heavy atom. The van der Waals surface area contributed by atoms with E-state index < -0.39 is 0 Å². The fourth-order valence-electron chi connectivity index (χ4n) is 2.87. The van der Waals surface area contributed by atoms with E-state index in [-0.39, 0.29) is 8.46 Å². The van der Waals surface area contributed by atoms with Crippen LogP contribution in [0.1, 0.15) is 0 Å². The highest BCUT2D eigenvalue weighted by Gasteiger charge is 2.11. The van der Waals surface area contributed by atoms with Gasteiger partial charge in [-0.1, -0.05) is 36.4 Å². The summed E-state index contributed by atoms with van der Waals surface area (Å²) in [7, 11) is 0.0595. The number of fused-ring (bicyclic) bond motifs is 3. The van der Waals surface area contributed by atoms with Crippen LogP contribution in [0.25, 0.3) is 27.5 Å². The molecule has 0 saturated carbocycles. The van der Waals surface area contributed by atoms with Gasteiger partial charge in [0.15, 0.2) is 8.46 Å². The van der Waals surface area contributed by atoms with Crippen LogP contribution < -0.4 is 5.30 Å². The summed E-state index contributed by atoms with van der Waals surface area (Å²) < 4.78 is 13.4. The smallest absolute Gasteiger partial charge is 0.192 e. The summed E-state index contributed by atoms with van der Waals surface area (Å²) in [5, 5.41) is 3.12. The zero-order chi connectivity index (χ0) is 14.2. The molecule has 0 spiro atoms. The Balaban J connectivity index is 2.20. The van der Waals surface area contributed by atoms with Gasteiger partial charge in [-0.05, 0) is 36.4 Å². The lowest BCUT2D eigenvalue weighted by molar-refractivity contribution is 0.603. The molecule has 0 aliphatic heterocycles. The van der Waals surface area contributed by atoms with Crippen LogP contribution in [0, 0.1) is 0 Å². The molecule has 0 bridgehead atoms. The van der Waals surface area contributed by atoms with E-state index in [0.29, 0.717) is 0 Å². The second-order valence-electron chi connectivity index (χ2n) is 4.98. The summed E-state index contributed by atoms with van der Waals surface area (Å²) in [5.74, 6) is 0. The largest absolute Gasteiger partial charge is 0.309 e. The van der Waals surface area contributed by atoms with E-state index in [9.17, 15) is 4.57 Å². The molecule has 21 heavy (non-hydrogen) atoms. The fourth-order valence-corrected chi connectivity index (χ4v) is 3.19. The maximum absolute atomic E-state index is 11.2. The Kier molecular flexibility index (Phi) is 2.83. The van der Waals surface area contributed by atoms with Gasteiger partial charge in [0.25, 0.3) is 0 Å². The Bertz CT molecular complexity index is 957. The average molecular weight is 289 g/mol. The average Bonchev–Trinajstić information content (AvgIpc) is 2.89. The molecule has 0 fully saturated rings. The molecule has 0 aliphatic carbocycles. The number of aromatic nitrogens is 1. The molecule has 0 saturated heterocycles. The van der Waals surface area contributed by atoms with Crippen molar-refractivity contribution in [2.24, 2.45) is 0 Å². The molecule has 3 aromatic carbocycles. The van der Waals surface area contributed by atoms with E-state index in [1.807, 2.05) is 48.5 Å². The SMILES string of the molecule is O=Pc1ccc2c(c1)c1ccccc1n2-c1ccccc1. The molecule has 100 valence electrons. The lowest BCUT2D eigenvalue weighted by Gasteiger charge is -2.07. The highest BCUT2D eigenvalue weighted by molar-refractivity contribution is 7.34. The summed E-state index contributed by atoms with van der Waals surface area (Å²) in [6, 6.07) is 24.6. The van der Waals surface area contributed by atoms with Gasteiger partial charge in [-0.15, -0.1) is 0 Å². The first-order valence-corrected chi connectivity index (χ1v) is 7.62. The van der Waals surface area contributed by atoms with Crippen molar-refractivity contribution in [2.75, 3.05) is 0 Å². The van der Waals surface area contributed by atoms with Gasteiger partial charge < -0.3 is 4.57 Å². The van der Waals surface area contributed by atoms with Crippen LogP contribution in [0.4, 0.5) is 0 Å². The van der Waals surface area contributed by atoms with Crippen LogP contribution in [-0.2, 0) is 4.57 Å². The van der Waals surface area contributed by atoms with Crippen LogP contribution >= 0.6 is 8.46 Å². The van der Waals surface area contributed by atoms with E-state index in [4.69, 9.17) is 0 Å². The van der Waals surface area contributed by atoms with E-state index in [2.05, 4.69) is 28.8 Å². The Hall–Kier alpha value is -2.44. The lowest BCUT2D eigenvalue weighted by atomic mass is 10.1. The summed E-state index contributed by atoms with van der Waals surface area (Å²) in [6.45, 7) is 0. The first kappa shape index (κ1) is 12.3. The van der Waals surface area contributed by atoms with E-state index in [1.165, 1.54) is 10.9 Å². The van der Waals surface area contributed by atoms with Crippen LogP contribution in [0.5, 0.6) is 0 Å². The number of hydrogen-bond acceptors (Lipinski definition) is 1. The Morgan fingerprint density at radius 3 is 2.24 bits per heavy atom. The van der Waals surface area contributed by atoms with E-state index in [1.54, 1.807) is 0 Å². The molecule has 2 nitrogen and oxygen atoms in total. The number of hydrogen-bond donors (Lipinski definition) is 0. The van der Waals surface area contributed by atoms with Gasteiger partial charge in [0.1, 0.15) is 0 Å². The zero-order valence-corrected chi connectivity index (χ0v) is 12.1. The van der Waals surface area contributed by atoms with Gasteiger partial charge in [0.05, 0.1) is 11.0 Å². The molecule has 3 heteroatoms. The Morgan fingerprint density at radius 1 is 0.714 bits per heavy atom. The molecular weight excluding hydrogens is 277 g/mol. The number of benzene rings is 3. The summed E-state index contributed by atoms with van der Waals surface area (Å²) in [5.41, 5.74) is 3.43. The minimum atomic E-state index is 0.0595. The summed E-state index contributed by atoms with van der Waals surface area (Å²) in [4.78, 5) is 0. The van der Waals surface area contributed by atoms with Crippen molar-refractivity contribution in [2.45, 2.75) is 0 Å². The standard InChI is InChI=1S/C18H12NOP/c20-21-14-10-11-18-16(12-14)15-8-4-5-9-17(15)19(18)13-6-2-1-3-7-13/h1-12H. The fraction of sp³-hybridized carbons (Fsp3) is 0. The van der Waals surface area contributed by atoms with Gasteiger partial charge in [-0.3, -0.25) is 4.57 Å². The second-order valence-corrected chi connectivity index (χ2v) is 5.68. The first-order valence-electron chi connectivity index (χ1n) is 6.80. The van der Waals surface area contributed by atoms with Crippen LogP contribution in [0.3, 0.4) is 0 Å². The zero-order valence-electron chi connectivity index (χ0n) is 11.2. The van der Waals surface area contributed by atoms with Crippen molar-refractivity contribution < 1.29 is 4.57 Å². The van der Waals surface area contributed by atoms with Crippen molar-refractivity contribution >= 4 is 35.6 Å². The molecule has 4 rings (SSSR count). The van der Waals surface area contributed by atoms with Crippen LogP contribution in [0.2, 0.25) is 0 Å². The minimum Gasteiger partial charge on any atom is -0.309 e. The molecule has 0 unspecified atom stereocenters. The van der Waals surface area contributed by atoms with Gasteiger partial charge in [0, 0.05) is 21.8 Å². The quantitative estimate of drug-likeness (QED) is 0.490. The monoisotopic (exact) mass is 289 g/mol. The van der Waals surface area contributed by atoms with Gasteiger partial charge >= 0.3 is 0 Å². The molecule has 0 aliphatic rings. The predicted molar refractivity (Wildman–Crippen MR) is 88.0 cm³/mol. The number of nitrogens with zero attached hydrogens (tertiary/aromatic N) is 1. The van der Waals surface area contributed by atoms with Crippen molar-refractivity contribution in [3.63, 3.8) is 0 Å². The molecule has 0 atom stereocenters. The predicted octanol–water partition coefficient (Wildman–Crippen LogP) is 4.70. The number of para-hydroxylation sites is 2. The highest BCUT2D eigenvalue weighted by Crippen LogP contribution is 2.31. The third-order valence-corrected chi connectivity index (χ3v) is 4.26. The normalized spacial score (nSPS) is 11.4. The van der Waals surface area contributed by atoms with Gasteiger partial charge in [0.2, 0.25) is 0 Å². The van der Waals surface area contributed by atoms with Crippen molar-refractivity contribution in [1.82, 2.24) is 4.57 Å². The molecule has 1 aromatic heterocycles. The minimum absolute atomic E-state index is 0.0595. The highest BCUT2D eigenvalue weighted by atomic mass is 31.1. The van der Waals surface area contributed by atoms with Gasteiger partial charge in [-0.25, -0.2) is 0 Å². The maximum Gasteiger partial charge on any atom is 0.192 e. The summed E-state index contributed by atoms with van der Waals surface area (Å²) >= 11 is 0. The molecule has 0 N–H and O–H groups in total. The van der Waals surface area contributed by atoms with Gasteiger partial charge in [-0.2, -0.15) is 0 Å². The third kappa shape index (κ3) is 1.88. The maximum atomic E-state index is 11.2. The van der Waals surface area contributed by atoms with Crippen LogP contribution in [0.15, 0.2) is 72.8 Å². The molecule has 0 amide bonds. The molecule has 4 aromatic rings. The van der Waals surface area contributed by atoms with E-state index in [0.717, 1.165) is 21.9 Å². The van der Waals surface area contributed by atoms with Crippen molar-refractivity contribution in [1.29, 1.82) is 0 Å². The van der Waals surface area contributed by atoms with Crippen molar-refractivity contribution in [3.05, 3.63) is 72.8 Å². The molecule has 0 radical (unpaired) electrons. The molecular formula is C18H12NOP. The Labute approximate surface area is 123 Å². The van der Waals surface area contributed by atoms with Crippen molar-refractivity contribution in [3.8, 4) is 5.69 Å². The second kappa shape index (κ2) is 4.83. The lowest BCUT2D eigenvalue weighted by Crippen LogP contribution is -1.94. The third-order valence-electron chi connectivity index (χ3n) is 3.78. The first-order chi connectivity index (χ1) is 10.4. The van der Waals surface area contributed by atoms with E-state index >= 15 is 0 Å². The number of rotatable bonds is 2. The molecule has 1 heterocycles. The topological polar surface area (TPSA) is 22.0 Å².